The molecule has 2 heterocycles. The molecule has 1 aromatic heterocycles. The zero-order valence-corrected chi connectivity index (χ0v) is 17.7. The minimum Gasteiger partial charge on any atom is -0.493 e. The van der Waals surface area contributed by atoms with E-state index in [1.54, 1.807) is 21.3 Å². The van der Waals surface area contributed by atoms with Crippen LogP contribution in [0.15, 0.2) is 23.2 Å². The van der Waals surface area contributed by atoms with E-state index in [0.29, 0.717) is 0 Å². The van der Waals surface area contributed by atoms with Crippen molar-refractivity contribution in [2.75, 3.05) is 34.4 Å². The lowest BCUT2D eigenvalue weighted by Crippen LogP contribution is -2.39. The van der Waals surface area contributed by atoms with Gasteiger partial charge in [0.05, 0.1) is 14.2 Å². The number of hydrogen-bond acceptors (Lipinski definition) is 5. The van der Waals surface area contributed by atoms with E-state index < -0.39 is 0 Å². The average Bonchev–Trinajstić information content (AvgIpc) is 2.98. The first-order valence-electron chi connectivity index (χ1n) is 10.3. The maximum atomic E-state index is 5.37. The third-order valence-electron chi connectivity index (χ3n) is 5.20. The van der Waals surface area contributed by atoms with Crippen LogP contribution < -0.4 is 20.1 Å². The molecule has 1 aromatic carbocycles. The summed E-state index contributed by atoms with van der Waals surface area (Å²) >= 11 is 0. The van der Waals surface area contributed by atoms with E-state index >= 15 is 0 Å². The number of fused-ring (bicyclic) bond motifs is 1. The van der Waals surface area contributed by atoms with Crippen molar-refractivity contribution in [3.63, 3.8) is 0 Å². The summed E-state index contributed by atoms with van der Waals surface area (Å²) in [6.07, 6.45) is 6.44. The number of aliphatic imine (C=N–C) groups is 1. The Morgan fingerprint density at radius 2 is 1.83 bits per heavy atom. The molecule has 0 fully saturated rings. The zero-order chi connectivity index (χ0) is 20.5. The molecule has 0 unspecified atom stereocenters. The minimum absolute atomic E-state index is 0.744. The van der Waals surface area contributed by atoms with Crippen molar-refractivity contribution < 1.29 is 9.47 Å². The Balaban J connectivity index is 1.44. The van der Waals surface area contributed by atoms with Gasteiger partial charge in [-0.25, -0.2) is 0 Å². The third kappa shape index (κ3) is 5.62. The second-order valence-electron chi connectivity index (χ2n) is 7.11. The molecule has 0 spiro atoms. The summed E-state index contributed by atoms with van der Waals surface area (Å²) in [5.41, 5.74) is 1.18. The van der Waals surface area contributed by atoms with Gasteiger partial charge in [-0.1, -0.05) is 12.5 Å². The van der Waals surface area contributed by atoms with Crippen LogP contribution in [0, 0.1) is 0 Å². The monoisotopic (exact) mass is 400 g/mol. The van der Waals surface area contributed by atoms with Gasteiger partial charge in [0.1, 0.15) is 11.6 Å². The molecule has 0 amide bonds. The summed E-state index contributed by atoms with van der Waals surface area (Å²) in [4.78, 5) is 4.31. The first-order valence-corrected chi connectivity index (χ1v) is 10.3. The van der Waals surface area contributed by atoms with Gasteiger partial charge in [-0.15, -0.1) is 10.2 Å². The van der Waals surface area contributed by atoms with Crippen molar-refractivity contribution in [2.24, 2.45) is 4.99 Å². The molecular weight excluding hydrogens is 368 g/mol. The van der Waals surface area contributed by atoms with Crippen molar-refractivity contribution in [3.8, 4) is 11.5 Å². The number of nitrogens with one attached hydrogen (secondary N) is 2. The second-order valence-corrected chi connectivity index (χ2v) is 7.11. The number of aryl methyl sites for hydroxylation is 1. The predicted octanol–water partition coefficient (Wildman–Crippen LogP) is 1.97. The number of hydrogen-bond donors (Lipinski definition) is 2. The fraction of sp³-hybridized carbons (Fsp3) is 0.571. The van der Waals surface area contributed by atoms with Crippen LogP contribution in [0.1, 0.15) is 36.5 Å². The van der Waals surface area contributed by atoms with E-state index in [-0.39, 0.29) is 0 Å². The number of ether oxygens (including phenoxy) is 2. The predicted molar refractivity (Wildman–Crippen MR) is 114 cm³/mol. The van der Waals surface area contributed by atoms with Crippen molar-refractivity contribution in [1.82, 2.24) is 25.4 Å². The maximum absolute atomic E-state index is 5.37. The summed E-state index contributed by atoms with van der Waals surface area (Å²) in [6.45, 7) is 2.58. The molecule has 158 valence electrons. The van der Waals surface area contributed by atoms with E-state index in [9.17, 15) is 0 Å². The number of nitrogens with zero attached hydrogens (tertiary/aromatic N) is 4. The highest BCUT2D eigenvalue weighted by atomic mass is 16.5. The molecule has 0 saturated heterocycles. The van der Waals surface area contributed by atoms with Gasteiger partial charge in [0.2, 0.25) is 0 Å². The van der Waals surface area contributed by atoms with Gasteiger partial charge < -0.3 is 24.7 Å². The molecule has 8 nitrogen and oxygen atoms in total. The van der Waals surface area contributed by atoms with E-state index in [4.69, 9.17) is 9.47 Å². The van der Waals surface area contributed by atoms with E-state index in [2.05, 4.69) is 36.5 Å². The van der Waals surface area contributed by atoms with Crippen LogP contribution in [0.3, 0.4) is 0 Å². The standard InChI is InChI=1S/C21H32N6O2/c1-22-21(23-12-10-16-8-9-17(28-2)18(15-16)29-3)24-13-11-20-26-25-19-7-5-4-6-14-27(19)20/h8-9,15H,4-7,10-14H2,1-3H3,(H2,22,23,24). The van der Waals surface area contributed by atoms with Crippen LogP contribution in [0.5, 0.6) is 11.5 Å². The normalized spacial score (nSPS) is 14.1. The van der Waals surface area contributed by atoms with Crippen molar-refractivity contribution >= 4 is 5.96 Å². The Morgan fingerprint density at radius 1 is 1.03 bits per heavy atom. The highest BCUT2D eigenvalue weighted by Gasteiger charge is 2.14. The number of rotatable bonds is 8. The quantitative estimate of drug-likeness (QED) is 0.521. The number of aromatic nitrogens is 3. The topological polar surface area (TPSA) is 85.6 Å². The molecule has 8 heteroatoms. The van der Waals surface area contributed by atoms with Crippen LogP contribution in [0.2, 0.25) is 0 Å². The summed E-state index contributed by atoms with van der Waals surface area (Å²) < 4.78 is 12.9. The lowest BCUT2D eigenvalue weighted by molar-refractivity contribution is 0.354. The van der Waals surface area contributed by atoms with Gasteiger partial charge in [-0.05, 0) is 37.0 Å². The summed E-state index contributed by atoms with van der Waals surface area (Å²) in [5, 5.41) is 15.5. The van der Waals surface area contributed by atoms with Crippen molar-refractivity contribution in [3.05, 3.63) is 35.4 Å². The molecule has 0 saturated carbocycles. The Kier molecular flexibility index (Phi) is 7.72. The van der Waals surface area contributed by atoms with Crippen LogP contribution >= 0.6 is 0 Å². The smallest absolute Gasteiger partial charge is 0.191 e. The molecule has 0 radical (unpaired) electrons. The molecule has 0 aliphatic carbocycles. The average molecular weight is 401 g/mol. The molecule has 3 rings (SSSR count). The highest BCUT2D eigenvalue weighted by Crippen LogP contribution is 2.27. The molecule has 0 bridgehead atoms. The number of methoxy groups -OCH3 is 2. The van der Waals surface area contributed by atoms with Crippen molar-refractivity contribution in [2.45, 2.75) is 45.1 Å². The Hall–Kier alpha value is -2.77. The summed E-state index contributed by atoms with van der Waals surface area (Å²) in [7, 11) is 5.08. The fourth-order valence-corrected chi connectivity index (χ4v) is 3.60. The Morgan fingerprint density at radius 3 is 2.59 bits per heavy atom. The molecule has 1 aliphatic heterocycles. The van der Waals surface area contributed by atoms with Gasteiger partial charge >= 0.3 is 0 Å². The minimum atomic E-state index is 0.744. The molecule has 2 N–H and O–H groups in total. The molecule has 1 aliphatic rings. The lowest BCUT2D eigenvalue weighted by Gasteiger charge is -2.13. The largest absolute Gasteiger partial charge is 0.493 e. The first kappa shape index (κ1) is 21.0. The second kappa shape index (κ2) is 10.7. The highest BCUT2D eigenvalue weighted by molar-refractivity contribution is 5.79. The van der Waals surface area contributed by atoms with Crippen LogP contribution in [0.25, 0.3) is 0 Å². The maximum Gasteiger partial charge on any atom is 0.191 e. The zero-order valence-electron chi connectivity index (χ0n) is 17.7. The van der Waals surface area contributed by atoms with E-state index in [1.807, 2.05) is 12.1 Å². The van der Waals surface area contributed by atoms with Gasteiger partial charge in [-0.3, -0.25) is 4.99 Å². The van der Waals surface area contributed by atoms with Gasteiger partial charge in [0.15, 0.2) is 17.5 Å². The molecular formula is C21H32N6O2. The SMILES string of the molecule is CN=C(NCCc1ccc(OC)c(OC)c1)NCCc1nnc2n1CCCCC2. The molecule has 29 heavy (non-hydrogen) atoms. The summed E-state index contributed by atoms with van der Waals surface area (Å²) in [5.74, 6) is 4.49. The van der Waals surface area contributed by atoms with Crippen LogP contribution in [-0.2, 0) is 25.8 Å². The van der Waals surface area contributed by atoms with Crippen LogP contribution in [-0.4, -0.2) is 55.1 Å². The van der Waals surface area contributed by atoms with Gasteiger partial charge in [-0.2, -0.15) is 0 Å². The van der Waals surface area contributed by atoms with Crippen molar-refractivity contribution in [1.29, 1.82) is 0 Å². The van der Waals surface area contributed by atoms with Gasteiger partial charge in [0.25, 0.3) is 0 Å². The first-order chi connectivity index (χ1) is 14.2. The van der Waals surface area contributed by atoms with Crippen LogP contribution in [0.4, 0.5) is 0 Å². The third-order valence-corrected chi connectivity index (χ3v) is 5.20. The number of guanidine groups is 1. The Labute approximate surface area is 172 Å². The number of benzene rings is 1. The lowest BCUT2D eigenvalue weighted by atomic mass is 10.1. The Bertz CT molecular complexity index is 817. The molecule has 2 aromatic rings. The van der Waals surface area contributed by atoms with E-state index in [0.717, 1.165) is 68.0 Å². The molecule has 0 atom stereocenters. The fourth-order valence-electron chi connectivity index (χ4n) is 3.60. The van der Waals surface area contributed by atoms with Gasteiger partial charge in [0, 0.05) is 39.5 Å². The van der Waals surface area contributed by atoms with E-state index in [1.165, 1.54) is 24.8 Å². The summed E-state index contributed by atoms with van der Waals surface area (Å²) in [6, 6.07) is 5.99.